The van der Waals surface area contributed by atoms with Gasteiger partial charge in [-0.15, -0.1) is 10.2 Å². The van der Waals surface area contributed by atoms with E-state index in [0.29, 0.717) is 17.4 Å². The first-order valence-electron chi connectivity index (χ1n) is 8.00. The summed E-state index contributed by atoms with van der Waals surface area (Å²) in [6.45, 7) is 2.97. The molecule has 1 atom stereocenters. The van der Waals surface area contributed by atoms with Gasteiger partial charge in [-0.25, -0.2) is 4.39 Å². The summed E-state index contributed by atoms with van der Waals surface area (Å²) in [5.41, 5.74) is 0.549. The zero-order valence-electron chi connectivity index (χ0n) is 13.2. The average Bonchev–Trinajstić information content (AvgIpc) is 3.03. The molecular weight excluding hydrogens is 297 g/mol. The topological polar surface area (TPSA) is 63.9 Å². The van der Waals surface area contributed by atoms with Crippen LogP contribution in [0.5, 0.6) is 0 Å². The summed E-state index contributed by atoms with van der Waals surface area (Å²) in [5.74, 6) is -0.0169. The fourth-order valence-corrected chi connectivity index (χ4v) is 3.02. The zero-order chi connectivity index (χ0) is 16.2. The van der Waals surface area contributed by atoms with Crippen LogP contribution in [-0.4, -0.2) is 43.6 Å². The van der Waals surface area contributed by atoms with Crippen LogP contribution in [0.1, 0.15) is 32.6 Å². The Kier molecular flexibility index (Phi) is 4.64. The first-order chi connectivity index (χ1) is 11.2. The van der Waals surface area contributed by atoms with Crippen molar-refractivity contribution < 1.29 is 9.18 Å². The van der Waals surface area contributed by atoms with E-state index in [4.69, 9.17) is 0 Å². The van der Waals surface area contributed by atoms with Crippen LogP contribution in [0.15, 0.2) is 24.3 Å². The van der Waals surface area contributed by atoms with Crippen molar-refractivity contribution in [2.45, 2.75) is 45.2 Å². The summed E-state index contributed by atoms with van der Waals surface area (Å²) in [6, 6.07) is 6.32. The fourth-order valence-electron chi connectivity index (χ4n) is 3.02. The molecular formula is C16H20FN5O. The van der Waals surface area contributed by atoms with Crippen molar-refractivity contribution in [3.8, 4) is 11.4 Å². The summed E-state index contributed by atoms with van der Waals surface area (Å²) >= 11 is 0. The van der Waals surface area contributed by atoms with Crippen LogP contribution in [0, 0.1) is 5.82 Å². The SMILES string of the molecule is CC[C@H]1CCCCN1C(=O)Cn1nnc(-c2cccc(F)c2)n1. The lowest BCUT2D eigenvalue weighted by Crippen LogP contribution is -2.45. The number of piperidine rings is 1. The highest BCUT2D eigenvalue weighted by Gasteiger charge is 2.25. The van der Waals surface area contributed by atoms with E-state index in [2.05, 4.69) is 22.3 Å². The second-order valence-corrected chi connectivity index (χ2v) is 5.80. The van der Waals surface area contributed by atoms with Crippen LogP contribution in [0.4, 0.5) is 4.39 Å². The standard InChI is InChI=1S/C16H20FN5O/c1-2-14-8-3-4-9-21(14)15(23)11-22-19-16(18-20-22)12-6-5-7-13(17)10-12/h5-7,10,14H,2-4,8-9,11H2,1H3/t14-/m0/s1. The van der Waals surface area contributed by atoms with Gasteiger partial charge in [0.15, 0.2) is 0 Å². The molecule has 2 heterocycles. The molecule has 6 nitrogen and oxygen atoms in total. The van der Waals surface area contributed by atoms with Crippen molar-refractivity contribution in [2.24, 2.45) is 0 Å². The van der Waals surface area contributed by atoms with Crippen molar-refractivity contribution >= 4 is 5.91 Å². The summed E-state index contributed by atoms with van der Waals surface area (Å²) in [6.07, 6.45) is 4.24. The molecule has 3 rings (SSSR count). The Bertz CT molecular complexity index is 687. The van der Waals surface area contributed by atoms with E-state index in [-0.39, 0.29) is 18.3 Å². The van der Waals surface area contributed by atoms with Crippen molar-refractivity contribution in [2.75, 3.05) is 6.54 Å². The van der Waals surface area contributed by atoms with Gasteiger partial charge in [0, 0.05) is 18.2 Å². The van der Waals surface area contributed by atoms with E-state index in [1.165, 1.54) is 23.4 Å². The molecule has 0 spiro atoms. The largest absolute Gasteiger partial charge is 0.338 e. The van der Waals surface area contributed by atoms with Crippen LogP contribution in [0.2, 0.25) is 0 Å². The van der Waals surface area contributed by atoms with Crippen LogP contribution in [0.3, 0.4) is 0 Å². The molecule has 0 unspecified atom stereocenters. The predicted octanol–water partition coefficient (Wildman–Crippen LogP) is 2.27. The number of carbonyl (C=O) groups is 1. The second-order valence-electron chi connectivity index (χ2n) is 5.80. The molecule has 1 aliphatic rings. The minimum absolute atomic E-state index is 0.0137. The van der Waals surface area contributed by atoms with Crippen LogP contribution < -0.4 is 0 Å². The number of tetrazole rings is 1. The number of hydrogen-bond donors (Lipinski definition) is 0. The molecule has 1 aromatic heterocycles. The third kappa shape index (κ3) is 3.55. The smallest absolute Gasteiger partial charge is 0.246 e. The van der Waals surface area contributed by atoms with Gasteiger partial charge in [-0.05, 0) is 43.0 Å². The van der Waals surface area contributed by atoms with Crippen LogP contribution in [-0.2, 0) is 11.3 Å². The maximum absolute atomic E-state index is 13.3. The Hall–Kier alpha value is -2.31. The van der Waals surface area contributed by atoms with Crippen molar-refractivity contribution in [3.05, 3.63) is 30.1 Å². The molecule has 0 radical (unpaired) electrons. The third-order valence-corrected chi connectivity index (χ3v) is 4.23. The number of hydrogen-bond acceptors (Lipinski definition) is 4. The number of aromatic nitrogens is 4. The zero-order valence-corrected chi connectivity index (χ0v) is 13.2. The van der Waals surface area contributed by atoms with Crippen molar-refractivity contribution in [3.63, 3.8) is 0 Å². The summed E-state index contributed by atoms with van der Waals surface area (Å²) in [4.78, 5) is 15.7. The molecule has 122 valence electrons. The van der Waals surface area contributed by atoms with Crippen LogP contribution in [0.25, 0.3) is 11.4 Å². The molecule has 1 aromatic carbocycles. The van der Waals surface area contributed by atoms with E-state index >= 15 is 0 Å². The predicted molar refractivity (Wildman–Crippen MR) is 82.9 cm³/mol. The van der Waals surface area contributed by atoms with Gasteiger partial charge in [0.1, 0.15) is 12.4 Å². The Labute approximate surface area is 134 Å². The first-order valence-corrected chi connectivity index (χ1v) is 8.00. The highest BCUT2D eigenvalue weighted by molar-refractivity contribution is 5.76. The van der Waals surface area contributed by atoms with Gasteiger partial charge in [0.2, 0.25) is 11.7 Å². The fraction of sp³-hybridized carbons (Fsp3) is 0.500. The minimum Gasteiger partial charge on any atom is -0.338 e. The van der Waals surface area contributed by atoms with E-state index in [9.17, 15) is 9.18 Å². The Morgan fingerprint density at radius 1 is 1.39 bits per heavy atom. The highest BCUT2D eigenvalue weighted by atomic mass is 19.1. The lowest BCUT2D eigenvalue weighted by atomic mass is 10.00. The van der Waals surface area contributed by atoms with Gasteiger partial charge in [0.25, 0.3) is 0 Å². The van der Waals surface area contributed by atoms with Gasteiger partial charge < -0.3 is 4.90 Å². The maximum atomic E-state index is 13.3. The molecule has 1 fully saturated rings. The number of carbonyl (C=O) groups excluding carboxylic acids is 1. The molecule has 1 amide bonds. The van der Waals surface area contributed by atoms with Gasteiger partial charge >= 0.3 is 0 Å². The van der Waals surface area contributed by atoms with Crippen molar-refractivity contribution in [1.29, 1.82) is 0 Å². The molecule has 1 saturated heterocycles. The lowest BCUT2D eigenvalue weighted by Gasteiger charge is -2.35. The third-order valence-electron chi connectivity index (χ3n) is 4.23. The summed E-state index contributed by atoms with van der Waals surface area (Å²) in [5, 5.41) is 12.0. The van der Waals surface area contributed by atoms with E-state index in [0.717, 1.165) is 25.8 Å². The van der Waals surface area contributed by atoms with Gasteiger partial charge in [-0.2, -0.15) is 4.80 Å². The van der Waals surface area contributed by atoms with Crippen molar-refractivity contribution in [1.82, 2.24) is 25.1 Å². The highest BCUT2D eigenvalue weighted by Crippen LogP contribution is 2.20. The number of likely N-dealkylation sites (tertiary alicyclic amines) is 1. The van der Waals surface area contributed by atoms with E-state index in [1.807, 2.05) is 4.90 Å². The molecule has 23 heavy (non-hydrogen) atoms. The molecule has 7 heteroatoms. The molecule has 0 saturated carbocycles. The molecule has 2 aromatic rings. The normalized spacial score (nSPS) is 18.2. The summed E-state index contributed by atoms with van der Waals surface area (Å²) in [7, 11) is 0. The maximum Gasteiger partial charge on any atom is 0.246 e. The van der Waals surface area contributed by atoms with E-state index < -0.39 is 0 Å². The van der Waals surface area contributed by atoms with Gasteiger partial charge in [-0.1, -0.05) is 19.1 Å². The number of benzene rings is 1. The number of amides is 1. The second kappa shape index (κ2) is 6.85. The molecule has 0 bridgehead atoms. The number of nitrogens with zero attached hydrogens (tertiary/aromatic N) is 5. The van der Waals surface area contributed by atoms with E-state index in [1.54, 1.807) is 12.1 Å². The average molecular weight is 317 g/mol. The Morgan fingerprint density at radius 2 is 2.26 bits per heavy atom. The molecule has 0 N–H and O–H groups in total. The van der Waals surface area contributed by atoms with Crippen LogP contribution >= 0.6 is 0 Å². The monoisotopic (exact) mass is 317 g/mol. The molecule has 0 aliphatic carbocycles. The number of rotatable bonds is 4. The van der Waals surface area contributed by atoms with Gasteiger partial charge in [-0.3, -0.25) is 4.79 Å². The molecule has 1 aliphatic heterocycles. The summed E-state index contributed by atoms with van der Waals surface area (Å²) < 4.78 is 13.3. The quantitative estimate of drug-likeness (QED) is 0.868. The lowest BCUT2D eigenvalue weighted by molar-refractivity contribution is -0.136. The Balaban J connectivity index is 1.70. The Morgan fingerprint density at radius 3 is 3.04 bits per heavy atom. The van der Waals surface area contributed by atoms with Gasteiger partial charge in [0.05, 0.1) is 0 Å². The number of halogens is 1. The first kappa shape index (κ1) is 15.6. The minimum atomic E-state index is -0.353.